The largest absolute Gasteiger partial charge is 0.422 e. The number of nitrogens with zero attached hydrogens (tertiary/aromatic N) is 2. The third-order valence-corrected chi connectivity index (χ3v) is 4.95. The van der Waals surface area contributed by atoms with Crippen molar-refractivity contribution in [3.05, 3.63) is 59.3 Å². The zero-order chi connectivity index (χ0) is 18.5. The maximum Gasteiger partial charge on any atom is 0.243 e. The predicted octanol–water partition coefficient (Wildman–Crippen LogP) is 4.50. The summed E-state index contributed by atoms with van der Waals surface area (Å²) in [7, 11) is 0. The number of nitriles is 1. The number of nitrogens with one attached hydrogen (secondary N) is 2. The molecule has 1 aliphatic rings. The molecule has 2 unspecified atom stereocenters. The van der Waals surface area contributed by atoms with Crippen LogP contribution in [0.15, 0.2) is 42.5 Å². The van der Waals surface area contributed by atoms with Gasteiger partial charge in [-0.15, -0.1) is 5.10 Å². The van der Waals surface area contributed by atoms with E-state index >= 15 is 0 Å². The molecule has 0 aliphatic carbocycles. The summed E-state index contributed by atoms with van der Waals surface area (Å²) in [5.41, 5.74) is 2.66. The molecular weight excluding hydrogens is 324 g/mol. The number of rotatable bonds is 1. The first-order chi connectivity index (χ1) is 12.4. The Bertz CT molecular complexity index is 1050. The first-order valence-corrected chi connectivity index (χ1v) is 8.64. The van der Waals surface area contributed by atoms with Crippen molar-refractivity contribution in [1.29, 1.82) is 10.7 Å². The molecule has 1 aromatic heterocycles. The molecule has 2 N–H and O–H groups in total. The molecule has 0 saturated carbocycles. The van der Waals surface area contributed by atoms with Gasteiger partial charge in [0.15, 0.2) is 0 Å². The van der Waals surface area contributed by atoms with E-state index in [0.29, 0.717) is 5.88 Å². The van der Waals surface area contributed by atoms with E-state index in [2.05, 4.69) is 55.2 Å². The van der Waals surface area contributed by atoms with E-state index < -0.39 is 5.92 Å². The number of ether oxygens (including phenoxy) is 1. The lowest BCUT2D eigenvalue weighted by Crippen LogP contribution is -2.32. The third kappa shape index (κ3) is 2.38. The highest BCUT2D eigenvalue weighted by molar-refractivity contribution is 5.90. The fourth-order valence-corrected chi connectivity index (χ4v) is 3.75. The van der Waals surface area contributed by atoms with Crippen LogP contribution in [0, 0.1) is 22.7 Å². The van der Waals surface area contributed by atoms with Gasteiger partial charge >= 0.3 is 0 Å². The van der Waals surface area contributed by atoms with Crippen LogP contribution in [0.4, 0.5) is 0 Å². The zero-order valence-corrected chi connectivity index (χ0v) is 15.0. The minimum atomic E-state index is -0.688. The lowest BCUT2D eigenvalue weighted by molar-refractivity contribution is 0.434. The van der Waals surface area contributed by atoms with Gasteiger partial charge in [-0.3, -0.25) is 10.5 Å². The van der Waals surface area contributed by atoms with Crippen molar-refractivity contribution in [1.82, 2.24) is 10.2 Å². The van der Waals surface area contributed by atoms with Gasteiger partial charge in [-0.25, -0.2) is 0 Å². The second-order valence-corrected chi connectivity index (χ2v) is 7.69. The van der Waals surface area contributed by atoms with E-state index in [9.17, 15) is 5.26 Å². The van der Waals surface area contributed by atoms with Gasteiger partial charge in [-0.2, -0.15) is 5.26 Å². The fourth-order valence-electron chi connectivity index (χ4n) is 3.75. The molecule has 0 spiro atoms. The van der Waals surface area contributed by atoms with Gasteiger partial charge < -0.3 is 4.74 Å². The Morgan fingerprint density at radius 2 is 1.88 bits per heavy atom. The highest BCUT2D eigenvalue weighted by Gasteiger charge is 2.42. The van der Waals surface area contributed by atoms with Crippen LogP contribution in [0.5, 0.6) is 5.88 Å². The van der Waals surface area contributed by atoms with Crippen molar-refractivity contribution in [2.45, 2.75) is 32.1 Å². The van der Waals surface area contributed by atoms with Crippen LogP contribution in [0.3, 0.4) is 0 Å². The summed E-state index contributed by atoms with van der Waals surface area (Å²) in [4.78, 5) is 0. The van der Waals surface area contributed by atoms with Gasteiger partial charge in [0.05, 0.1) is 6.07 Å². The summed E-state index contributed by atoms with van der Waals surface area (Å²) in [6.45, 7) is 6.30. The molecule has 2 aromatic carbocycles. The topological polar surface area (TPSA) is 85.5 Å². The molecule has 3 aromatic rings. The highest BCUT2D eigenvalue weighted by atomic mass is 16.5. The summed E-state index contributed by atoms with van der Waals surface area (Å²) < 4.78 is 5.59. The van der Waals surface area contributed by atoms with E-state index in [1.165, 1.54) is 0 Å². The van der Waals surface area contributed by atoms with Crippen LogP contribution >= 0.6 is 0 Å². The second-order valence-electron chi connectivity index (χ2n) is 7.69. The average molecular weight is 344 g/mol. The molecule has 0 bridgehead atoms. The summed E-state index contributed by atoms with van der Waals surface area (Å²) in [5, 5.41) is 27.6. The van der Waals surface area contributed by atoms with Gasteiger partial charge in [0, 0.05) is 22.6 Å². The molecule has 1 aliphatic heterocycles. The number of aromatic nitrogens is 2. The molecular formula is C21H20N4O. The standard InChI is InChI=1S/C21H20N4O/c1-21(2,3)18-17-16(15(11-22)19(23)26-20(17)25-24-18)14-10-6-8-12-7-4-5-9-13(12)14/h4-10,15-16,23H,1-3H3,(H,24,25). The highest BCUT2D eigenvalue weighted by Crippen LogP contribution is 2.47. The van der Waals surface area contributed by atoms with Crippen LogP contribution in [-0.2, 0) is 5.41 Å². The van der Waals surface area contributed by atoms with Crippen LogP contribution in [0.2, 0.25) is 0 Å². The Morgan fingerprint density at radius 1 is 1.15 bits per heavy atom. The second kappa shape index (κ2) is 5.70. The molecule has 0 radical (unpaired) electrons. The summed E-state index contributed by atoms with van der Waals surface area (Å²) in [6.07, 6.45) is 0. The maximum atomic E-state index is 9.82. The van der Waals surface area contributed by atoms with Gasteiger partial charge in [-0.05, 0) is 16.3 Å². The minimum absolute atomic E-state index is 0.0510. The third-order valence-electron chi connectivity index (χ3n) is 4.95. The molecule has 2 atom stereocenters. The molecule has 0 amide bonds. The van der Waals surface area contributed by atoms with Crippen molar-refractivity contribution < 1.29 is 4.74 Å². The number of hydrogen-bond donors (Lipinski definition) is 2. The van der Waals surface area contributed by atoms with Crippen LogP contribution < -0.4 is 4.74 Å². The lowest BCUT2D eigenvalue weighted by atomic mass is 9.74. The minimum Gasteiger partial charge on any atom is -0.422 e. The van der Waals surface area contributed by atoms with Gasteiger partial charge in [0.25, 0.3) is 0 Å². The number of benzene rings is 2. The number of hydrogen-bond acceptors (Lipinski definition) is 4. The van der Waals surface area contributed by atoms with Gasteiger partial charge in [0.2, 0.25) is 11.8 Å². The van der Waals surface area contributed by atoms with Gasteiger partial charge in [-0.1, -0.05) is 63.2 Å². The molecule has 130 valence electrons. The summed E-state index contributed by atoms with van der Waals surface area (Å²) >= 11 is 0. The Hall–Kier alpha value is -3.13. The van der Waals surface area contributed by atoms with Gasteiger partial charge in [0.1, 0.15) is 5.92 Å². The molecule has 0 fully saturated rings. The summed E-state index contributed by atoms with van der Waals surface area (Å²) in [5.74, 6) is -0.628. The average Bonchev–Trinajstić information content (AvgIpc) is 3.03. The first kappa shape index (κ1) is 16.3. The maximum absolute atomic E-state index is 9.82. The summed E-state index contributed by atoms with van der Waals surface area (Å²) in [6, 6.07) is 16.5. The van der Waals surface area contributed by atoms with E-state index in [1.54, 1.807) is 0 Å². The van der Waals surface area contributed by atoms with Crippen molar-refractivity contribution >= 4 is 16.7 Å². The Labute approximate surface area is 152 Å². The monoisotopic (exact) mass is 344 g/mol. The normalized spacial score (nSPS) is 19.7. The van der Waals surface area contributed by atoms with E-state index in [4.69, 9.17) is 10.1 Å². The number of H-pyrrole nitrogens is 1. The number of fused-ring (bicyclic) bond motifs is 2. The Balaban J connectivity index is 2.04. The van der Waals surface area contributed by atoms with Crippen LogP contribution in [-0.4, -0.2) is 16.1 Å². The SMILES string of the molecule is CC(C)(C)c1[nH]nc2c1C(c1cccc3ccccc13)C(C#N)C(=N)O2. The van der Waals surface area contributed by atoms with Crippen LogP contribution in [0.25, 0.3) is 10.8 Å². The molecule has 4 rings (SSSR count). The van der Waals surface area contributed by atoms with Crippen LogP contribution in [0.1, 0.15) is 43.5 Å². The molecule has 0 saturated heterocycles. The number of aromatic amines is 1. The van der Waals surface area contributed by atoms with E-state index in [0.717, 1.165) is 27.6 Å². The molecule has 2 heterocycles. The lowest BCUT2D eigenvalue weighted by Gasteiger charge is -2.31. The zero-order valence-electron chi connectivity index (χ0n) is 15.0. The molecule has 5 nitrogen and oxygen atoms in total. The van der Waals surface area contributed by atoms with Crippen molar-refractivity contribution in [2.24, 2.45) is 5.92 Å². The molecule has 26 heavy (non-hydrogen) atoms. The Kier molecular flexibility index (Phi) is 3.58. The smallest absolute Gasteiger partial charge is 0.243 e. The van der Waals surface area contributed by atoms with Crippen molar-refractivity contribution in [3.63, 3.8) is 0 Å². The first-order valence-electron chi connectivity index (χ1n) is 8.64. The quantitative estimate of drug-likeness (QED) is 0.681. The fraction of sp³-hybridized carbons (Fsp3) is 0.286. The van der Waals surface area contributed by atoms with Crippen molar-refractivity contribution in [3.8, 4) is 11.9 Å². The predicted molar refractivity (Wildman–Crippen MR) is 101 cm³/mol. The van der Waals surface area contributed by atoms with E-state index in [-0.39, 0.29) is 17.2 Å². The molecule has 5 heteroatoms. The van der Waals surface area contributed by atoms with Crippen molar-refractivity contribution in [2.75, 3.05) is 0 Å². The van der Waals surface area contributed by atoms with E-state index in [1.807, 2.05) is 24.3 Å². The Morgan fingerprint density at radius 3 is 2.62 bits per heavy atom.